The Kier molecular flexibility index (Phi) is 11.2. The van der Waals surface area contributed by atoms with Crippen LogP contribution in [0.15, 0.2) is 48.1 Å². The molecule has 0 bridgehead atoms. The summed E-state index contributed by atoms with van der Waals surface area (Å²) in [6, 6.07) is 8.50. The van der Waals surface area contributed by atoms with Gasteiger partial charge in [0.2, 0.25) is 0 Å². The predicted octanol–water partition coefficient (Wildman–Crippen LogP) is -2.01. The van der Waals surface area contributed by atoms with Crippen LogP contribution in [0.4, 0.5) is 0 Å². The average Bonchev–Trinajstić information content (AvgIpc) is 3.06. The molecule has 1 N–H and O–H groups in total. The van der Waals surface area contributed by atoms with E-state index in [9.17, 15) is 0 Å². The molecule has 122 valence electrons. The molecule has 0 aromatic heterocycles. The monoisotopic (exact) mass is 425 g/mol. The average molecular weight is 428 g/mol. The smallest absolute Gasteiger partial charge is 0.0471 e. The molecule has 1 unspecified atom stereocenters. The normalized spacial score (nSPS) is 17.0. The number of aliphatic hydroxyl groups is 1. The van der Waals surface area contributed by atoms with E-state index in [1.54, 1.807) is 24.2 Å². The second-order valence-electron chi connectivity index (χ2n) is 5.51. The van der Waals surface area contributed by atoms with Gasteiger partial charge < -0.3 is 29.9 Å². The van der Waals surface area contributed by atoms with Crippen LogP contribution in [0.25, 0.3) is 5.57 Å². The molecule has 2 aliphatic rings. The van der Waals surface area contributed by atoms with E-state index in [0.29, 0.717) is 5.92 Å². The summed E-state index contributed by atoms with van der Waals surface area (Å²) in [6.07, 6.45) is 11.5. The van der Waals surface area contributed by atoms with Crippen LogP contribution < -0.4 is 24.8 Å². The van der Waals surface area contributed by atoms with E-state index >= 15 is 0 Å². The standard InChI is InChI=1S/C16H15O.C3H6.2ClH.Zr/c17-10-9-13-11-16(12-5-1-2-6-12)15-8-4-3-7-14(13)15;1-3-2;;;/h1-4,7-8,11,16-17H,5,9-10H2;1-2H3;2*1H;/q-1;;;;+2/p-2. The summed E-state index contributed by atoms with van der Waals surface area (Å²) in [4.78, 5) is 0. The fraction of sp³-hybridized carbons (Fsp3) is 0.316. The number of rotatable bonds is 3. The van der Waals surface area contributed by atoms with Crippen molar-refractivity contribution in [3.05, 3.63) is 65.3 Å². The Bertz CT molecular complexity index is 614. The maximum atomic E-state index is 9.13. The van der Waals surface area contributed by atoms with E-state index in [4.69, 9.17) is 5.11 Å². The van der Waals surface area contributed by atoms with Crippen LogP contribution in [0, 0.1) is 6.08 Å². The molecule has 1 aromatic rings. The second kappa shape index (κ2) is 11.3. The van der Waals surface area contributed by atoms with Crippen LogP contribution in [0.3, 0.4) is 0 Å². The van der Waals surface area contributed by atoms with E-state index < -0.39 is 0 Å². The van der Waals surface area contributed by atoms with Gasteiger partial charge >= 0.3 is 41.3 Å². The number of fused-ring (bicyclic) bond motifs is 1. The van der Waals surface area contributed by atoms with Gasteiger partial charge in [-0.15, -0.1) is 0 Å². The van der Waals surface area contributed by atoms with Crippen LogP contribution in [0.5, 0.6) is 0 Å². The molecule has 3 rings (SSSR count). The minimum absolute atomic E-state index is 0. The third-order valence-electron chi connectivity index (χ3n) is 3.49. The van der Waals surface area contributed by atoms with Crippen molar-refractivity contribution >= 4 is 8.78 Å². The molecule has 0 amide bonds. The molecule has 2 aliphatic carbocycles. The SMILES string of the molecule is C[C](C)=[Zr+2].OCCC1=CC(C2=[C-]C=CC2)c2ccccc21.[Cl-].[Cl-]. The van der Waals surface area contributed by atoms with E-state index in [-0.39, 0.29) is 31.4 Å². The zero-order chi connectivity index (χ0) is 15.2. The van der Waals surface area contributed by atoms with Crippen LogP contribution in [0.1, 0.15) is 43.7 Å². The van der Waals surface area contributed by atoms with Gasteiger partial charge in [0.25, 0.3) is 0 Å². The van der Waals surface area contributed by atoms with Gasteiger partial charge in [-0.3, -0.25) is 6.08 Å². The first kappa shape index (κ1) is 22.7. The molecule has 0 spiro atoms. The molecule has 1 nitrogen and oxygen atoms in total. The van der Waals surface area contributed by atoms with Gasteiger partial charge in [0, 0.05) is 12.5 Å². The van der Waals surface area contributed by atoms with E-state index in [0.717, 1.165) is 12.8 Å². The van der Waals surface area contributed by atoms with Crippen LogP contribution in [0.2, 0.25) is 0 Å². The van der Waals surface area contributed by atoms with Gasteiger partial charge in [0.15, 0.2) is 0 Å². The zero-order valence-electron chi connectivity index (χ0n) is 13.4. The molecular weight excluding hydrogens is 406 g/mol. The topological polar surface area (TPSA) is 20.2 Å². The predicted molar refractivity (Wildman–Crippen MR) is 85.7 cm³/mol. The fourth-order valence-electron chi connectivity index (χ4n) is 2.70. The molecule has 0 radical (unpaired) electrons. The third-order valence-corrected chi connectivity index (χ3v) is 3.49. The number of hydrogen-bond acceptors (Lipinski definition) is 1. The van der Waals surface area contributed by atoms with Crippen LogP contribution in [-0.2, 0) is 24.2 Å². The van der Waals surface area contributed by atoms with Gasteiger partial charge in [-0.1, -0.05) is 36.8 Å². The van der Waals surface area contributed by atoms with E-state index in [2.05, 4.69) is 56.3 Å². The molecule has 4 heteroatoms. The Morgan fingerprint density at radius 2 is 1.91 bits per heavy atom. The first-order valence-electron chi connectivity index (χ1n) is 7.33. The van der Waals surface area contributed by atoms with Gasteiger partial charge in [0.1, 0.15) is 0 Å². The number of allylic oxidation sites excluding steroid dienone is 5. The molecule has 0 fully saturated rings. The van der Waals surface area contributed by atoms with Crippen LogP contribution >= 0.6 is 0 Å². The molecule has 0 aliphatic heterocycles. The van der Waals surface area contributed by atoms with Gasteiger partial charge in [-0.05, 0) is 23.1 Å². The van der Waals surface area contributed by atoms with Crippen molar-refractivity contribution in [1.82, 2.24) is 0 Å². The molecule has 1 atom stereocenters. The summed E-state index contributed by atoms with van der Waals surface area (Å²) in [7, 11) is 0. The Morgan fingerprint density at radius 3 is 2.48 bits per heavy atom. The summed E-state index contributed by atoms with van der Waals surface area (Å²) >= 11 is 1.55. The Labute approximate surface area is 166 Å². The first-order chi connectivity index (χ1) is 10.1. The van der Waals surface area contributed by atoms with Crippen molar-refractivity contribution in [1.29, 1.82) is 0 Å². The Balaban J connectivity index is 0.000000731. The van der Waals surface area contributed by atoms with Gasteiger partial charge in [-0.2, -0.15) is 5.57 Å². The summed E-state index contributed by atoms with van der Waals surface area (Å²) in [5.74, 6) is 0.364. The molecule has 0 saturated heterocycles. The summed E-state index contributed by atoms with van der Waals surface area (Å²) < 4.78 is 1.51. The summed E-state index contributed by atoms with van der Waals surface area (Å²) in [6.45, 7) is 4.46. The minimum atomic E-state index is 0. The molecule has 0 saturated carbocycles. The van der Waals surface area contributed by atoms with E-state index in [1.807, 2.05) is 6.08 Å². The zero-order valence-corrected chi connectivity index (χ0v) is 17.4. The summed E-state index contributed by atoms with van der Waals surface area (Å²) in [5, 5.41) is 9.13. The molecular formula is C19H21Cl2OZr-. The largest absolute Gasteiger partial charge is 1.00 e. The minimum Gasteiger partial charge on any atom is -1.00 e. The van der Waals surface area contributed by atoms with Crippen molar-refractivity contribution in [2.24, 2.45) is 0 Å². The Hall–Kier alpha value is -0.267. The van der Waals surface area contributed by atoms with Crippen molar-refractivity contribution < 1.29 is 54.2 Å². The quantitative estimate of drug-likeness (QED) is 0.553. The summed E-state index contributed by atoms with van der Waals surface area (Å²) in [5.41, 5.74) is 5.27. The molecule has 0 heterocycles. The van der Waals surface area contributed by atoms with Crippen molar-refractivity contribution in [2.45, 2.75) is 32.6 Å². The van der Waals surface area contributed by atoms with Crippen LogP contribution in [-0.4, -0.2) is 14.9 Å². The Morgan fingerprint density at radius 1 is 1.26 bits per heavy atom. The van der Waals surface area contributed by atoms with Gasteiger partial charge in [0.05, 0.1) is 0 Å². The maximum absolute atomic E-state index is 9.13. The first-order valence-corrected chi connectivity index (χ1v) is 8.56. The third kappa shape index (κ3) is 6.27. The number of benzene rings is 1. The van der Waals surface area contributed by atoms with Crippen molar-refractivity contribution in [3.8, 4) is 0 Å². The van der Waals surface area contributed by atoms with Gasteiger partial charge in [-0.25, -0.2) is 12.2 Å². The fourth-order valence-corrected chi connectivity index (χ4v) is 2.70. The van der Waals surface area contributed by atoms with Crippen molar-refractivity contribution in [2.75, 3.05) is 6.61 Å². The number of hydrogen-bond donors (Lipinski definition) is 1. The second-order valence-corrected chi connectivity index (χ2v) is 7.96. The molecule has 23 heavy (non-hydrogen) atoms. The van der Waals surface area contributed by atoms with E-state index in [1.165, 1.54) is 25.5 Å². The maximum Gasteiger partial charge on any atom is 0.0471 e. The number of halogens is 2. The van der Waals surface area contributed by atoms with Crippen molar-refractivity contribution in [3.63, 3.8) is 0 Å². The molecule has 1 aromatic carbocycles. The number of aliphatic hydroxyl groups excluding tert-OH is 1.